The molecule has 0 radical (unpaired) electrons. The van der Waals surface area contributed by atoms with Crippen molar-refractivity contribution in [2.45, 2.75) is 32.2 Å². The number of methoxy groups -OCH3 is 1. The molecule has 2 unspecified atom stereocenters. The van der Waals surface area contributed by atoms with E-state index in [9.17, 15) is 9.59 Å². The number of aliphatic imine (C=N–C) groups is 1. The molecule has 2 bridgehead atoms. The molecule has 0 spiro atoms. The van der Waals surface area contributed by atoms with Crippen LogP contribution in [0.4, 0.5) is 0 Å². The molecular formula is C26H26N2O3. The second-order valence-corrected chi connectivity index (χ2v) is 8.07. The van der Waals surface area contributed by atoms with E-state index in [0.29, 0.717) is 5.56 Å². The molecule has 4 rings (SSSR count). The summed E-state index contributed by atoms with van der Waals surface area (Å²) in [7, 11) is 1.37. The average molecular weight is 415 g/mol. The maximum Gasteiger partial charge on any atom is 0.337 e. The summed E-state index contributed by atoms with van der Waals surface area (Å²) >= 11 is 0. The molecule has 1 N–H and O–H groups in total. The van der Waals surface area contributed by atoms with E-state index in [4.69, 9.17) is 9.73 Å². The van der Waals surface area contributed by atoms with Crippen LogP contribution in [0, 0.1) is 5.92 Å². The van der Waals surface area contributed by atoms with Gasteiger partial charge in [-0.25, -0.2) is 4.79 Å². The number of aromatic nitrogens is 1. The fraction of sp³-hybridized carbons (Fsp3) is 0.269. The number of fused-ring (bicyclic) bond motifs is 4. The molecule has 0 saturated carbocycles. The molecule has 1 heterocycles. The number of nitrogens with zero attached hydrogens (tertiary/aromatic N) is 1. The van der Waals surface area contributed by atoms with Crippen LogP contribution >= 0.6 is 0 Å². The molecule has 2 aliphatic carbocycles. The van der Waals surface area contributed by atoms with Gasteiger partial charge in [-0.05, 0) is 55.7 Å². The first-order chi connectivity index (χ1) is 15.0. The Bertz CT molecular complexity index is 1200. The molecule has 2 atom stereocenters. The summed E-state index contributed by atoms with van der Waals surface area (Å²) in [6.45, 7) is 4.21. The third-order valence-electron chi connectivity index (χ3n) is 6.06. The summed E-state index contributed by atoms with van der Waals surface area (Å²) in [6.07, 6.45) is 11.7. The molecule has 0 amide bonds. The minimum atomic E-state index is -0.506. The maximum absolute atomic E-state index is 11.9. The van der Waals surface area contributed by atoms with Gasteiger partial charge in [0.25, 0.3) is 0 Å². The van der Waals surface area contributed by atoms with E-state index in [2.05, 4.69) is 31.0 Å². The third kappa shape index (κ3) is 3.83. The number of hydrogen-bond acceptors (Lipinski definition) is 4. The number of ether oxygens (including phenoxy) is 1. The van der Waals surface area contributed by atoms with Gasteiger partial charge >= 0.3 is 5.97 Å². The first-order valence-electron chi connectivity index (χ1n) is 10.4. The lowest BCUT2D eigenvalue weighted by atomic mass is 9.63. The van der Waals surface area contributed by atoms with Gasteiger partial charge in [0.15, 0.2) is 0 Å². The number of allylic oxidation sites excluding steroid dienone is 3. The Morgan fingerprint density at radius 2 is 2.13 bits per heavy atom. The smallest absolute Gasteiger partial charge is 0.337 e. The highest BCUT2D eigenvalue weighted by Crippen LogP contribution is 2.51. The number of pyridine rings is 1. The van der Waals surface area contributed by atoms with E-state index >= 15 is 0 Å². The van der Waals surface area contributed by atoms with Crippen molar-refractivity contribution < 1.29 is 9.53 Å². The first-order valence-corrected chi connectivity index (χ1v) is 10.4. The number of esters is 1. The van der Waals surface area contributed by atoms with Crippen LogP contribution in [0.15, 0.2) is 75.6 Å². The Labute approximate surface area is 181 Å². The number of nitrogens with one attached hydrogen (secondary N) is 1. The lowest BCUT2D eigenvalue weighted by molar-refractivity contribution is 0.0600. The topological polar surface area (TPSA) is 71.5 Å². The second kappa shape index (κ2) is 8.34. The summed E-state index contributed by atoms with van der Waals surface area (Å²) in [5, 5.41) is 0. The van der Waals surface area contributed by atoms with Crippen LogP contribution in [0.5, 0.6) is 0 Å². The molecule has 2 aromatic rings. The summed E-state index contributed by atoms with van der Waals surface area (Å²) in [6, 6.07) is 10.8. The van der Waals surface area contributed by atoms with E-state index < -0.39 is 5.54 Å². The monoisotopic (exact) mass is 414 g/mol. The predicted octanol–water partition coefficient (Wildman–Crippen LogP) is 4.61. The molecular weight excluding hydrogens is 388 g/mol. The van der Waals surface area contributed by atoms with Crippen molar-refractivity contribution in [2.75, 3.05) is 7.11 Å². The van der Waals surface area contributed by atoms with Crippen LogP contribution in [-0.2, 0) is 16.7 Å². The number of aromatic amines is 1. The molecule has 158 valence electrons. The number of carbonyl (C=O) groups excluding carboxylic acids is 1. The van der Waals surface area contributed by atoms with Crippen molar-refractivity contribution in [3.05, 3.63) is 98.5 Å². The molecule has 0 fully saturated rings. The zero-order valence-electron chi connectivity index (χ0n) is 18.0. The van der Waals surface area contributed by atoms with E-state index in [1.54, 1.807) is 18.2 Å². The minimum absolute atomic E-state index is 0.0778. The average Bonchev–Trinajstić information content (AvgIpc) is 2.75. The summed E-state index contributed by atoms with van der Waals surface area (Å²) < 4.78 is 4.79. The van der Waals surface area contributed by atoms with Gasteiger partial charge in [-0.2, -0.15) is 0 Å². The van der Waals surface area contributed by atoms with Crippen molar-refractivity contribution in [1.82, 2.24) is 4.98 Å². The van der Waals surface area contributed by atoms with Crippen LogP contribution in [0.1, 0.15) is 47.4 Å². The molecule has 5 heteroatoms. The minimum Gasteiger partial charge on any atom is -0.465 e. The number of hydrogen-bond donors (Lipinski definition) is 1. The fourth-order valence-corrected chi connectivity index (χ4v) is 4.86. The van der Waals surface area contributed by atoms with E-state index in [0.717, 1.165) is 29.7 Å². The van der Waals surface area contributed by atoms with Crippen LogP contribution < -0.4 is 5.56 Å². The zero-order valence-corrected chi connectivity index (χ0v) is 18.0. The number of rotatable bonds is 4. The number of benzene rings is 1. The van der Waals surface area contributed by atoms with Crippen LogP contribution in [0.3, 0.4) is 0 Å². The molecule has 1 aromatic heterocycles. The highest BCUT2D eigenvalue weighted by molar-refractivity contribution is 5.90. The Kier molecular flexibility index (Phi) is 5.59. The van der Waals surface area contributed by atoms with Gasteiger partial charge < -0.3 is 9.72 Å². The Morgan fingerprint density at radius 1 is 1.29 bits per heavy atom. The van der Waals surface area contributed by atoms with Crippen LogP contribution in [0.25, 0.3) is 6.08 Å². The number of carbonyl (C=O) groups is 1. The van der Waals surface area contributed by atoms with Crippen LogP contribution in [0.2, 0.25) is 0 Å². The van der Waals surface area contributed by atoms with E-state index in [1.807, 2.05) is 36.6 Å². The van der Waals surface area contributed by atoms with Gasteiger partial charge in [-0.15, -0.1) is 0 Å². The van der Waals surface area contributed by atoms with E-state index in [1.165, 1.54) is 18.3 Å². The zero-order chi connectivity index (χ0) is 22.0. The van der Waals surface area contributed by atoms with Gasteiger partial charge in [0.2, 0.25) is 5.56 Å². The quantitative estimate of drug-likeness (QED) is 0.451. The van der Waals surface area contributed by atoms with Gasteiger partial charge in [-0.1, -0.05) is 35.9 Å². The second-order valence-electron chi connectivity index (χ2n) is 8.07. The summed E-state index contributed by atoms with van der Waals surface area (Å²) in [5.74, 6) is -0.119. The van der Waals surface area contributed by atoms with Gasteiger partial charge in [0.05, 0.1) is 12.7 Å². The normalized spacial score (nSPS) is 23.8. The van der Waals surface area contributed by atoms with Gasteiger partial charge in [-0.3, -0.25) is 9.79 Å². The molecule has 0 aliphatic heterocycles. The maximum atomic E-state index is 11.9. The standard InChI is InChI=1S/C26H26N2O3/c1-4-21-20-13-17(2)16-26(21,22-10-11-24(29)28-23(22)15-20)27-12-6-8-18-7-5-9-19(14-18)25(30)31-3/h4-14,20H,15-16H2,1-3H3,(H,28,29). The predicted molar refractivity (Wildman–Crippen MR) is 123 cm³/mol. The van der Waals surface area contributed by atoms with Crippen molar-refractivity contribution in [2.24, 2.45) is 10.9 Å². The molecule has 2 aliphatic rings. The Morgan fingerprint density at radius 3 is 2.90 bits per heavy atom. The summed E-state index contributed by atoms with van der Waals surface area (Å²) in [4.78, 5) is 31.8. The highest BCUT2D eigenvalue weighted by Gasteiger charge is 2.46. The van der Waals surface area contributed by atoms with Crippen molar-refractivity contribution in [3.63, 3.8) is 0 Å². The molecule has 1 aromatic carbocycles. The Hall–Kier alpha value is -3.47. The SMILES string of the molecule is CC=C1C2C=C(C)CC1(N=CC=Cc1cccc(C(=O)OC)c1)c1ccc(=O)[nH]c1C2. The third-order valence-corrected chi connectivity index (χ3v) is 6.06. The van der Waals surface area contributed by atoms with Crippen molar-refractivity contribution >= 4 is 18.3 Å². The largest absolute Gasteiger partial charge is 0.465 e. The first kappa shape index (κ1) is 20.8. The fourth-order valence-electron chi connectivity index (χ4n) is 4.86. The molecule has 0 saturated heterocycles. The molecule has 5 nitrogen and oxygen atoms in total. The molecule has 31 heavy (non-hydrogen) atoms. The van der Waals surface area contributed by atoms with Crippen LogP contribution in [-0.4, -0.2) is 24.3 Å². The Balaban J connectivity index is 1.71. The lowest BCUT2D eigenvalue weighted by Crippen LogP contribution is -2.40. The highest BCUT2D eigenvalue weighted by atomic mass is 16.5. The van der Waals surface area contributed by atoms with Gasteiger partial charge in [0.1, 0.15) is 5.54 Å². The van der Waals surface area contributed by atoms with Crippen molar-refractivity contribution in [3.8, 4) is 0 Å². The van der Waals surface area contributed by atoms with E-state index in [-0.39, 0.29) is 17.4 Å². The van der Waals surface area contributed by atoms with Gasteiger partial charge in [0, 0.05) is 35.9 Å². The lowest BCUT2D eigenvalue weighted by Gasteiger charge is -2.45. The number of H-pyrrole nitrogens is 1. The summed E-state index contributed by atoms with van der Waals surface area (Å²) in [5.41, 5.74) is 5.44. The van der Waals surface area contributed by atoms with Crippen molar-refractivity contribution in [1.29, 1.82) is 0 Å².